The average Bonchev–Trinajstić information content (AvgIpc) is 2.47. The van der Waals surface area contributed by atoms with E-state index in [1.807, 2.05) is 31.2 Å². The van der Waals surface area contributed by atoms with Gasteiger partial charge in [0.05, 0.1) is 12.6 Å². The fraction of sp³-hybridized carbons (Fsp3) is 0.588. The minimum atomic E-state index is 0. The number of hydrogen-bond acceptors (Lipinski definition) is 3. The molecule has 0 aromatic heterocycles. The van der Waals surface area contributed by atoms with Crippen molar-refractivity contribution in [2.24, 2.45) is 11.7 Å². The van der Waals surface area contributed by atoms with Crippen LogP contribution >= 0.6 is 28.3 Å². The minimum absolute atomic E-state index is 0. The van der Waals surface area contributed by atoms with Gasteiger partial charge in [-0.1, -0.05) is 28.1 Å². The predicted molar refractivity (Wildman–Crippen MR) is 101 cm³/mol. The molecule has 1 heterocycles. The normalized spacial score (nSPS) is 21.1. The highest BCUT2D eigenvalue weighted by Gasteiger charge is 2.24. The molecule has 23 heavy (non-hydrogen) atoms. The van der Waals surface area contributed by atoms with Gasteiger partial charge in [-0.3, -0.25) is 9.69 Å². The minimum Gasteiger partial charge on any atom is -0.348 e. The van der Waals surface area contributed by atoms with Crippen molar-refractivity contribution in [3.8, 4) is 0 Å². The molecule has 4 nitrogen and oxygen atoms in total. The smallest absolute Gasteiger partial charge is 0.234 e. The van der Waals surface area contributed by atoms with Crippen molar-refractivity contribution in [3.63, 3.8) is 0 Å². The summed E-state index contributed by atoms with van der Waals surface area (Å²) in [7, 11) is 0. The number of nitrogens with two attached hydrogens (primary N) is 1. The Morgan fingerprint density at radius 3 is 2.65 bits per heavy atom. The maximum atomic E-state index is 12.2. The number of halogens is 2. The first-order valence-electron chi connectivity index (χ1n) is 7.98. The van der Waals surface area contributed by atoms with Gasteiger partial charge in [-0.2, -0.15) is 0 Å². The lowest BCUT2D eigenvalue weighted by Gasteiger charge is -2.34. The molecule has 3 N–H and O–H groups in total. The SMILES string of the molecule is CC(NC(=O)CN1CCCC(C(C)N)C1)c1ccc(Br)cc1.Cl. The van der Waals surface area contributed by atoms with Crippen LogP contribution in [0.15, 0.2) is 28.7 Å². The van der Waals surface area contributed by atoms with E-state index in [2.05, 4.69) is 33.1 Å². The zero-order valence-corrected chi connectivity index (χ0v) is 16.2. The number of likely N-dealkylation sites (tertiary alicyclic amines) is 1. The molecule has 0 saturated carbocycles. The monoisotopic (exact) mass is 403 g/mol. The molecule has 6 heteroatoms. The molecule has 1 aliphatic heterocycles. The number of carbonyl (C=O) groups is 1. The van der Waals surface area contributed by atoms with Gasteiger partial charge in [0.15, 0.2) is 0 Å². The van der Waals surface area contributed by atoms with Gasteiger partial charge < -0.3 is 11.1 Å². The van der Waals surface area contributed by atoms with Crippen LogP contribution in [0.4, 0.5) is 0 Å². The quantitative estimate of drug-likeness (QED) is 0.793. The van der Waals surface area contributed by atoms with Gasteiger partial charge in [0.25, 0.3) is 0 Å². The molecule has 1 fully saturated rings. The lowest BCUT2D eigenvalue weighted by Crippen LogP contribution is -2.46. The van der Waals surface area contributed by atoms with E-state index in [1.165, 1.54) is 6.42 Å². The van der Waals surface area contributed by atoms with Crippen LogP contribution in [0, 0.1) is 5.92 Å². The van der Waals surface area contributed by atoms with Gasteiger partial charge in [-0.25, -0.2) is 0 Å². The van der Waals surface area contributed by atoms with Crippen molar-refractivity contribution >= 4 is 34.2 Å². The van der Waals surface area contributed by atoms with Gasteiger partial charge in [-0.15, -0.1) is 12.4 Å². The first kappa shape index (κ1) is 20.4. The van der Waals surface area contributed by atoms with Gasteiger partial charge >= 0.3 is 0 Å². The van der Waals surface area contributed by atoms with E-state index < -0.39 is 0 Å². The zero-order valence-electron chi connectivity index (χ0n) is 13.8. The number of carbonyl (C=O) groups excluding carboxylic acids is 1. The molecular weight excluding hydrogens is 378 g/mol. The van der Waals surface area contributed by atoms with E-state index in [0.717, 1.165) is 29.5 Å². The van der Waals surface area contributed by atoms with Crippen LogP contribution < -0.4 is 11.1 Å². The highest BCUT2D eigenvalue weighted by molar-refractivity contribution is 9.10. The summed E-state index contributed by atoms with van der Waals surface area (Å²) in [6, 6.07) is 8.28. The number of nitrogens with zero attached hydrogens (tertiary/aromatic N) is 1. The van der Waals surface area contributed by atoms with Crippen LogP contribution in [-0.4, -0.2) is 36.5 Å². The maximum Gasteiger partial charge on any atom is 0.234 e. The summed E-state index contributed by atoms with van der Waals surface area (Å²) in [5.74, 6) is 0.589. The van der Waals surface area contributed by atoms with Crippen LogP contribution in [0.2, 0.25) is 0 Å². The number of hydrogen-bond donors (Lipinski definition) is 2. The Kier molecular flexibility index (Phi) is 8.54. The Morgan fingerprint density at radius 1 is 1.39 bits per heavy atom. The highest BCUT2D eigenvalue weighted by Crippen LogP contribution is 2.19. The molecule has 0 radical (unpaired) electrons. The van der Waals surface area contributed by atoms with E-state index in [-0.39, 0.29) is 30.4 Å². The zero-order chi connectivity index (χ0) is 16.1. The van der Waals surface area contributed by atoms with Crippen molar-refractivity contribution in [2.75, 3.05) is 19.6 Å². The van der Waals surface area contributed by atoms with Crippen molar-refractivity contribution in [2.45, 2.75) is 38.8 Å². The van der Waals surface area contributed by atoms with E-state index in [9.17, 15) is 4.79 Å². The largest absolute Gasteiger partial charge is 0.348 e. The standard InChI is InChI=1S/C17H26BrN3O.ClH/c1-12(19)15-4-3-9-21(10-15)11-17(22)20-13(2)14-5-7-16(18)8-6-14;/h5-8,12-13,15H,3-4,9-11,19H2,1-2H3,(H,20,22);1H. The second kappa shape index (κ2) is 9.62. The predicted octanol–water partition coefficient (Wildman–Crippen LogP) is 3.11. The van der Waals surface area contributed by atoms with Crippen LogP contribution in [0.5, 0.6) is 0 Å². The second-order valence-corrected chi connectivity index (χ2v) is 7.25. The van der Waals surface area contributed by atoms with Crippen LogP contribution in [0.1, 0.15) is 38.3 Å². The topological polar surface area (TPSA) is 58.4 Å². The highest BCUT2D eigenvalue weighted by atomic mass is 79.9. The fourth-order valence-electron chi connectivity index (χ4n) is 2.99. The summed E-state index contributed by atoms with van der Waals surface area (Å²) in [4.78, 5) is 14.5. The summed E-state index contributed by atoms with van der Waals surface area (Å²) >= 11 is 3.42. The molecule has 1 amide bonds. The molecule has 0 bridgehead atoms. The number of amides is 1. The first-order chi connectivity index (χ1) is 10.5. The van der Waals surface area contributed by atoms with Gasteiger partial charge in [0.2, 0.25) is 5.91 Å². The molecule has 0 spiro atoms. The Hall–Kier alpha value is -0.620. The third kappa shape index (κ3) is 6.42. The number of nitrogens with one attached hydrogen (secondary N) is 1. The Bertz CT molecular complexity index is 495. The average molecular weight is 405 g/mol. The van der Waals surface area contributed by atoms with E-state index in [1.54, 1.807) is 0 Å². The molecular formula is C17H27BrClN3O. The molecule has 3 unspecified atom stereocenters. The third-order valence-electron chi connectivity index (χ3n) is 4.40. The lowest BCUT2D eigenvalue weighted by molar-refractivity contribution is -0.123. The van der Waals surface area contributed by atoms with E-state index in [4.69, 9.17) is 5.73 Å². The molecule has 1 saturated heterocycles. The number of benzene rings is 1. The third-order valence-corrected chi connectivity index (χ3v) is 4.93. The summed E-state index contributed by atoms with van der Waals surface area (Å²) in [5.41, 5.74) is 7.11. The maximum absolute atomic E-state index is 12.2. The number of piperidine rings is 1. The lowest BCUT2D eigenvalue weighted by atomic mass is 9.92. The molecule has 2 rings (SSSR count). The second-order valence-electron chi connectivity index (χ2n) is 6.34. The molecule has 1 aromatic rings. The fourth-order valence-corrected chi connectivity index (χ4v) is 3.25. The van der Waals surface area contributed by atoms with Crippen LogP contribution in [-0.2, 0) is 4.79 Å². The Labute approximate surface area is 153 Å². The van der Waals surface area contributed by atoms with Gasteiger partial charge in [0.1, 0.15) is 0 Å². The first-order valence-corrected chi connectivity index (χ1v) is 8.77. The molecule has 1 aliphatic rings. The summed E-state index contributed by atoms with van der Waals surface area (Å²) < 4.78 is 1.05. The summed E-state index contributed by atoms with van der Waals surface area (Å²) in [6.07, 6.45) is 2.30. The summed E-state index contributed by atoms with van der Waals surface area (Å²) in [6.45, 7) is 6.46. The van der Waals surface area contributed by atoms with Crippen LogP contribution in [0.25, 0.3) is 0 Å². The van der Waals surface area contributed by atoms with Crippen molar-refractivity contribution in [1.82, 2.24) is 10.2 Å². The van der Waals surface area contributed by atoms with Crippen LogP contribution in [0.3, 0.4) is 0 Å². The van der Waals surface area contributed by atoms with Crippen molar-refractivity contribution in [1.29, 1.82) is 0 Å². The van der Waals surface area contributed by atoms with E-state index >= 15 is 0 Å². The molecule has 3 atom stereocenters. The summed E-state index contributed by atoms with van der Waals surface area (Å²) in [5, 5.41) is 3.08. The van der Waals surface area contributed by atoms with Gasteiger partial charge in [0, 0.05) is 17.1 Å². The van der Waals surface area contributed by atoms with Crippen molar-refractivity contribution < 1.29 is 4.79 Å². The van der Waals surface area contributed by atoms with E-state index in [0.29, 0.717) is 12.5 Å². The number of rotatable bonds is 5. The Balaban J connectivity index is 0.00000264. The molecule has 1 aromatic carbocycles. The Morgan fingerprint density at radius 2 is 2.04 bits per heavy atom. The molecule has 0 aliphatic carbocycles. The van der Waals surface area contributed by atoms with Gasteiger partial charge in [-0.05, 0) is 56.8 Å². The molecule has 130 valence electrons. The van der Waals surface area contributed by atoms with Crippen molar-refractivity contribution in [3.05, 3.63) is 34.3 Å².